The Bertz CT molecular complexity index is 346. The highest BCUT2D eigenvalue weighted by atomic mass is 16.5. The average molecular weight is 295 g/mol. The molecule has 0 radical (unpaired) electrons. The van der Waals surface area contributed by atoms with Crippen LogP contribution in [-0.2, 0) is 14.3 Å². The fourth-order valence-electron chi connectivity index (χ4n) is 3.29. The molecule has 120 valence electrons. The monoisotopic (exact) mass is 295 g/mol. The summed E-state index contributed by atoms with van der Waals surface area (Å²) >= 11 is 0. The maximum atomic E-state index is 12.4. The van der Waals surface area contributed by atoms with Crippen molar-refractivity contribution in [3.05, 3.63) is 0 Å². The van der Waals surface area contributed by atoms with Crippen LogP contribution < -0.4 is 0 Å². The van der Waals surface area contributed by atoms with Gasteiger partial charge >= 0.3 is 5.97 Å². The fourth-order valence-corrected chi connectivity index (χ4v) is 3.29. The molecule has 0 heterocycles. The van der Waals surface area contributed by atoms with Crippen LogP contribution in [0.5, 0.6) is 0 Å². The number of ether oxygens (including phenoxy) is 1. The molecule has 0 aromatic carbocycles. The zero-order valence-corrected chi connectivity index (χ0v) is 13.3. The predicted octanol–water partition coefficient (Wildman–Crippen LogP) is 3.29. The van der Waals surface area contributed by atoms with E-state index in [1.807, 2.05) is 11.8 Å². The third kappa shape index (κ3) is 5.68. The van der Waals surface area contributed by atoms with E-state index in [4.69, 9.17) is 4.74 Å². The normalized spacial score (nSPS) is 19.3. The molecule has 0 atom stereocenters. The maximum absolute atomic E-state index is 12.4. The van der Waals surface area contributed by atoms with Crippen molar-refractivity contribution in [2.45, 2.75) is 77.2 Å². The largest absolute Gasteiger partial charge is 0.466 e. The zero-order chi connectivity index (χ0) is 15.1. The first-order chi connectivity index (χ1) is 10.2. The Hall–Kier alpha value is -1.06. The minimum Gasteiger partial charge on any atom is -0.466 e. The van der Waals surface area contributed by atoms with E-state index < -0.39 is 0 Å². The van der Waals surface area contributed by atoms with Crippen molar-refractivity contribution in [3.8, 4) is 0 Å². The smallest absolute Gasteiger partial charge is 0.307 e. The molecule has 0 saturated heterocycles. The summed E-state index contributed by atoms with van der Waals surface area (Å²) < 4.78 is 4.95. The molecule has 2 saturated carbocycles. The number of carbonyl (C=O) groups is 2. The van der Waals surface area contributed by atoms with Crippen LogP contribution in [0.4, 0.5) is 0 Å². The highest BCUT2D eigenvalue weighted by Crippen LogP contribution is 2.30. The van der Waals surface area contributed by atoms with E-state index in [2.05, 4.69) is 0 Å². The number of carbonyl (C=O) groups excluding carboxylic acids is 2. The first-order valence-electron chi connectivity index (χ1n) is 8.65. The van der Waals surface area contributed by atoms with Crippen molar-refractivity contribution in [2.75, 3.05) is 13.2 Å². The molecule has 2 fully saturated rings. The molecule has 0 aromatic heterocycles. The quantitative estimate of drug-likeness (QED) is 0.646. The second-order valence-corrected chi connectivity index (χ2v) is 6.42. The summed E-state index contributed by atoms with van der Waals surface area (Å²) in [4.78, 5) is 25.8. The molecule has 1 amide bonds. The first-order valence-corrected chi connectivity index (χ1v) is 8.65. The Morgan fingerprint density at radius 3 is 2.38 bits per heavy atom. The van der Waals surface area contributed by atoms with Crippen LogP contribution in [-0.4, -0.2) is 36.0 Å². The van der Waals surface area contributed by atoms with E-state index in [1.54, 1.807) is 0 Å². The summed E-state index contributed by atoms with van der Waals surface area (Å²) in [7, 11) is 0. The van der Waals surface area contributed by atoms with Crippen LogP contribution >= 0.6 is 0 Å². The molecular weight excluding hydrogens is 266 g/mol. The van der Waals surface area contributed by atoms with Gasteiger partial charge < -0.3 is 9.64 Å². The number of nitrogens with zero attached hydrogens (tertiary/aromatic N) is 1. The Morgan fingerprint density at radius 2 is 1.76 bits per heavy atom. The van der Waals surface area contributed by atoms with E-state index in [1.165, 1.54) is 32.1 Å². The molecule has 4 heteroatoms. The van der Waals surface area contributed by atoms with Gasteiger partial charge in [0.15, 0.2) is 0 Å². The van der Waals surface area contributed by atoms with Crippen LogP contribution in [0.25, 0.3) is 0 Å². The molecule has 0 bridgehead atoms. The lowest BCUT2D eigenvalue weighted by Crippen LogP contribution is -2.35. The number of amides is 1. The van der Waals surface area contributed by atoms with Crippen molar-refractivity contribution in [2.24, 2.45) is 5.92 Å². The second kappa shape index (κ2) is 8.40. The number of hydrogen-bond donors (Lipinski definition) is 0. The van der Waals surface area contributed by atoms with Gasteiger partial charge in [0, 0.05) is 19.0 Å². The molecule has 0 unspecified atom stereocenters. The molecule has 21 heavy (non-hydrogen) atoms. The molecule has 2 rings (SSSR count). The van der Waals surface area contributed by atoms with Crippen LogP contribution in [0.15, 0.2) is 0 Å². The summed E-state index contributed by atoms with van der Waals surface area (Å²) in [6, 6.07) is 0.387. The van der Waals surface area contributed by atoms with Crippen LogP contribution in [0.2, 0.25) is 0 Å². The van der Waals surface area contributed by atoms with Gasteiger partial charge in [-0.3, -0.25) is 9.59 Å². The maximum Gasteiger partial charge on any atom is 0.307 e. The summed E-state index contributed by atoms with van der Waals surface area (Å²) in [5.74, 6) is 0.796. The molecule has 0 spiro atoms. The minimum absolute atomic E-state index is 0.191. The van der Waals surface area contributed by atoms with Crippen molar-refractivity contribution in [1.82, 2.24) is 4.90 Å². The average Bonchev–Trinajstić information content (AvgIpc) is 3.31. The first kappa shape index (κ1) is 16.3. The van der Waals surface area contributed by atoms with Gasteiger partial charge in [0.2, 0.25) is 5.91 Å². The van der Waals surface area contributed by atoms with E-state index >= 15 is 0 Å². The van der Waals surface area contributed by atoms with E-state index in [-0.39, 0.29) is 11.9 Å². The summed E-state index contributed by atoms with van der Waals surface area (Å²) in [6.07, 6.45) is 10.8. The molecule has 4 nitrogen and oxygen atoms in total. The van der Waals surface area contributed by atoms with Gasteiger partial charge in [-0.2, -0.15) is 0 Å². The standard InChI is InChI=1S/C17H29NO3/c1-2-21-17(20)12-13-18(15-9-10-15)16(19)11-8-14-6-4-3-5-7-14/h14-15H,2-13H2,1H3. The number of esters is 1. The van der Waals surface area contributed by atoms with Gasteiger partial charge in [-0.05, 0) is 32.1 Å². The van der Waals surface area contributed by atoms with Crippen LogP contribution in [0.1, 0.15) is 71.1 Å². The Balaban J connectivity index is 1.72. The lowest BCUT2D eigenvalue weighted by molar-refractivity contribution is -0.144. The Morgan fingerprint density at radius 1 is 1.05 bits per heavy atom. The zero-order valence-electron chi connectivity index (χ0n) is 13.3. The summed E-state index contributed by atoms with van der Waals surface area (Å²) in [6.45, 7) is 2.76. The van der Waals surface area contributed by atoms with Crippen molar-refractivity contribution in [1.29, 1.82) is 0 Å². The van der Waals surface area contributed by atoms with Crippen molar-refractivity contribution >= 4 is 11.9 Å². The molecule has 0 N–H and O–H groups in total. The van der Waals surface area contributed by atoms with Crippen molar-refractivity contribution in [3.63, 3.8) is 0 Å². The Kier molecular flexibility index (Phi) is 6.52. The molecule has 2 aliphatic rings. The van der Waals surface area contributed by atoms with Gasteiger partial charge in [-0.25, -0.2) is 0 Å². The molecular formula is C17H29NO3. The van der Waals surface area contributed by atoms with Crippen LogP contribution in [0.3, 0.4) is 0 Å². The SMILES string of the molecule is CCOC(=O)CCN(C(=O)CCC1CCCCC1)C1CC1. The third-order valence-corrected chi connectivity index (χ3v) is 4.66. The van der Waals surface area contributed by atoms with E-state index in [9.17, 15) is 9.59 Å². The molecule has 0 aliphatic heterocycles. The number of hydrogen-bond acceptors (Lipinski definition) is 3. The van der Waals surface area contributed by atoms with Crippen LogP contribution in [0, 0.1) is 5.92 Å². The summed E-state index contributed by atoms with van der Waals surface area (Å²) in [5, 5.41) is 0. The van der Waals surface area contributed by atoms with Gasteiger partial charge in [0.25, 0.3) is 0 Å². The lowest BCUT2D eigenvalue weighted by atomic mass is 9.86. The highest BCUT2D eigenvalue weighted by molar-refractivity contribution is 5.78. The van der Waals surface area contributed by atoms with Crippen molar-refractivity contribution < 1.29 is 14.3 Å². The topological polar surface area (TPSA) is 46.6 Å². The lowest BCUT2D eigenvalue weighted by Gasteiger charge is -2.25. The Labute approximate surface area is 128 Å². The van der Waals surface area contributed by atoms with E-state index in [0.29, 0.717) is 32.0 Å². The second-order valence-electron chi connectivity index (χ2n) is 6.42. The number of rotatable bonds is 8. The fraction of sp³-hybridized carbons (Fsp3) is 0.882. The van der Waals surface area contributed by atoms with E-state index in [0.717, 1.165) is 25.2 Å². The minimum atomic E-state index is -0.191. The van der Waals surface area contributed by atoms with Gasteiger partial charge in [-0.15, -0.1) is 0 Å². The van der Waals surface area contributed by atoms with Gasteiger partial charge in [0.05, 0.1) is 13.0 Å². The highest BCUT2D eigenvalue weighted by Gasteiger charge is 2.32. The predicted molar refractivity (Wildman–Crippen MR) is 81.8 cm³/mol. The molecule has 2 aliphatic carbocycles. The third-order valence-electron chi connectivity index (χ3n) is 4.66. The van der Waals surface area contributed by atoms with Gasteiger partial charge in [-0.1, -0.05) is 32.1 Å². The molecule has 0 aromatic rings. The van der Waals surface area contributed by atoms with Gasteiger partial charge in [0.1, 0.15) is 0 Å². The summed E-state index contributed by atoms with van der Waals surface area (Å²) in [5.41, 5.74) is 0.